The Labute approximate surface area is 153 Å². The molecule has 26 heavy (non-hydrogen) atoms. The second-order valence-electron chi connectivity index (χ2n) is 5.88. The minimum absolute atomic E-state index is 0.216. The Morgan fingerprint density at radius 1 is 1.38 bits per heavy atom. The number of tetrazole rings is 1. The number of hydrogen-bond acceptors (Lipinski definition) is 7. The number of morpholine rings is 1. The van der Waals surface area contributed by atoms with E-state index in [2.05, 4.69) is 15.4 Å². The van der Waals surface area contributed by atoms with Gasteiger partial charge in [0.25, 0.3) is 5.91 Å². The van der Waals surface area contributed by atoms with Crippen LogP contribution in [-0.2, 0) is 11.8 Å². The minimum atomic E-state index is -0.422. The zero-order chi connectivity index (χ0) is 18.3. The van der Waals surface area contributed by atoms with Gasteiger partial charge in [0.15, 0.2) is 17.1 Å². The molecule has 0 saturated carbocycles. The maximum atomic E-state index is 12.9. The van der Waals surface area contributed by atoms with Crippen molar-refractivity contribution in [2.24, 2.45) is 7.05 Å². The van der Waals surface area contributed by atoms with Gasteiger partial charge in [0, 0.05) is 23.0 Å². The monoisotopic (exact) mass is 377 g/mol. The number of aryl methyl sites for hydroxylation is 1. The summed E-state index contributed by atoms with van der Waals surface area (Å²) in [6.07, 6.45) is -0.422. The number of halogens is 1. The zero-order valence-electron chi connectivity index (χ0n) is 14.2. The quantitative estimate of drug-likeness (QED) is 0.687. The van der Waals surface area contributed by atoms with Gasteiger partial charge in [-0.1, -0.05) is 11.6 Å². The molecule has 1 unspecified atom stereocenters. The predicted octanol–water partition coefficient (Wildman–Crippen LogP) is 1.83. The van der Waals surface area contributed by atoms with E-state index in [1.807, 2.05) is 0 Å². The number of furan rings is 1. The van der Waals surface area contributed by atoms with Crippen LogP contribution in [0.2, 0.25) is 5.02 Å². The lowest BCUT2D eigenvalue weighted by atomic mass is 10.2. The number of fused-ring (bicyclic) bond motifs is 1. The van der Waals surface area contributed by atoms with Crippen LogP contribution in [0.1, 0.15) is 22.5 Å². The van der Waals surface area contributed by atoms with Gasteiger partial charge < -0.3 is 18.8 Å². The molecule has 0 spiro atoms. The van der Waals surface area contributed by atoms with Crippen molar-refractivity contribution in [3.63, 3.8) is 0 Å². The van der Waals surface area contributed by atoms with Crippen LogP contribution in [0.25, 0.3) is 11.0 Å². The summed E-state index contributed by atoms with van der Waals surface area (Å²) >= 11 is 6.07. The van der Waals surface area contributed by atoms with Crippen molar-refractivity contribution in [1.29, 1.82) is 0 Å². The summed E-state index contributed by atoms with van der Waals surface area (Å²) in [5, 5.41) is 13.1. The lowest BCUT2D eigenvalue weighted by Crippen LogP contribution is -2.42. The van der Waals surface area contributed by atoms with E-state index in [4.69, 9.17) is 25.5 Å². The van der Waals surface area contributed by atoms with Crippen LogP contribution in [0.4, 0.5) is 0 Å². The van der Waals surface area contributed by atoms with Crippen molar-refractivity contribution in [3.8, 4) is 5.75 Å². The summed E-state index contributed by atoms with van der Waals surface area (Å²) in [4.78, 5) is 15.9. The number of nitrogens with zero attached hydrogens (tertiary/aromatic N) is 5. The number of carbonyl (C=O) groups is 1. The van der Waals surface area contributed by atoms with Gasteiger partial charge in [-0.05, 0) is 17.3 Å². The first-order chi connectivity index (χ1) is 12.5. The van der Waals surface area contributed by atoms with Crippen LogP contribution in [-0.4, -0.2) is 57.8 Å². The number of rotatable bonds is 3. The summed E-state index contributed by atoms with van der Waals surface area (Å²) in [6, 6.07) is 5.04. The molecular weight excluding hydrogens is 362 g/mol. The van der Waals surface area contributed by atoms with Crippen molar-refractivity contribution < 1.29 is 18.7 Å². The Bertz CT molecular complexity index is 969. The molecule has 1 saturated heterocycles. The molecule has 0 aliphatic carbocycles. The van der Waals surface area contributed by atoms with Gasteiger partial charge in [-0.15, -0.1) is 10.2 Å². The summed E-state index contributed by atoms with van der Waals surface area (Å²) in [5.74, 6) is 0.906. The highest BCUT2D eigenvalue weighted by molar-refractivity contribution is 6.31. The van der Waals surface area contributed by atoms with E-state index in [0.717, 1.165) is 0 Å². The number of methoxy groups -OCH3 is 1. The molecule has 1 amide bonds. The first-order valence-electron chi connectivity index (χ1n) is 7.97. The van der Waals surface area contributed by atoms with Crippen LogP contribution < -0.4 is 4.74 Å². The van der Waals surface area contributed by atoms with E-state index in [9.17, 15) is 4.79 Å². The van der Waals surface area contributed by atoms with Gasteiger partial charge in [0.1, 0.15) is 6.10 Å². The molecule has 1 aromatic carbocycles. The van der Waals surface area contributed by atoms with Crippen molar-refractivity contribution in [3.05, 3.63) is 34.8 Å². The molecule has 2 aromatic heterocycles. The van der Waals surface area contributed by atoms with Crippen molar-refractivity contribution in [2.75, 3.05) is 26.8 Å². The zero-order valence-corrected chi connectivity index (χ0v) is 14.9. The predicted molar refractivity (Wildman–Crippen MR) is 91.2 cm³/mol. The van der Waals surface area contributed by atoms with Gasteiger partial charge in [0.05, 0.1) is 27.3 Å². The van der Waals surface area contributed by atoms with E-state index in [1.54, 1.807) is 30.1 Å². The van der Waals surface area contributed by atoms with Crippen molar-refractivity contribution in [2.45, 2.75) is 6.10 Å². The fourth-order valence-corrected chi connectivity index (χ4v) is 3.13. The molecule has 4 rings (SSSR count). The summed E-state index contributed by atoms with van der Waals surface area (Å²) in [7, 11) is 3.20. The highest BCUT2D eigenvalue weighted by Crippen LogP contribution is 2.33. The molecule has 1 fully saturated rings. The Morgan fingerprint density at radius 3 is 2.96 bits per heavy atom. The van der Waals surface area contributed by atoms with Crippen LogP contribution in [0.15, 0.2) is 22.6 Å². The number of carbonyl (C=O) groups excluding carboxylic acids is 1. The SMILES string of the molecule is COc1cc(Cl)cc2cc(C(=O)N3CCOC(c4nnn(C)n4)C3)oc12. The van der Waals surface area contributed by atoms with Crippen LogP contribution in [0, 0.1) is 0 Å². The minimum Gasteiger partial charge on any atom is -0.493 e. The van der Waals surface area contributed by atoms with Crippen molar-refractivity contribution >= 4 is 28.5 Å². The summed E-state index contributed by atoms with van der Waals surface area (Å²) in [6.45, 7) is 1.15. The van der Waals surface area contributed by atoms with Gasteiger partial charge in [0.2, 0.25) is 5.82 Å². The third-order valence-electron chi connectivity index (χ3n) is 4.14. The molecule has 1 aliphatic rings. The Kier molecular flexibility index (Phi) is 4.25. The second-order valence-corrected chi connectivity index (χ2v) is 6.32. The first-order valence-corrected chi connectivity index (χ1v) is 8.35. The Hall–Kier alpha value is -2.65. The molecule has 9 nitrogen and oxygen atoms in total. The van der Waals surface area contributed by atoms with Gasteiger partial charge in [-0.2, -0.15) is 4.80 Å². The number of hydrogen-bond donors (Lipinski definition) is 0. The van der Waals surface area contributed by atoms with E-state index < -0.39 is 6.10 Å². The van der Waals surface area contributed by atoms with E-state index in [0.29, 0.717) is 47.3 Å². The molecule has 136 valence electrons. The average Bonchev–Trinajstić information content (AvgIpc) is 3.26. The fraction of sp³-hybridized carbons (Fsp3) is 0.375. The highest BCUT2D eigenvalue weighted by Gasteiger charge is 2.30. The molecule has 10 heteroatoms. The van der Waals surface area contributed by atoms with Crippen LogP contribution >= 0.6 is 11.6 Å². The van der Waals surface area contributed by atoms with Gasteiger partial charge >= 0.3 is 0 Å². The maximum Gasteiger partial charge on any atom is 0.289 e. The second kappa shape index (κ2) is 6.58. The largest absolute Gasteiger partial charge is 0.493 e. The van der Waals surface area contributed by atoms with E-state index in [1.165, 1.54) is 11.9 Å². The smallest absolute Gasteiger partial charge is 0.289 e. The Morgan fingerprint density at radius 2 is 2.23 bits per heavy atom. The van der Waals surface area contributed by atoms with E-state index >= 15 is 0 Å². The average molecular weight is 378 g/mol. The number of amides is 1. The normalized spacial score (nSPS) is 17.7. The summed E-state index contributed by atoms with van der Waals surface area (Å²) < 4.78 is 16.7. The topological polar surface area (TPSA) is 95.5 Å². The van der Waals surface area contributed by atoms with Gasteiger partial charge in [-0.3, -0.25) is 4.79 Å². The Balaban J connectivity index is 1.60. The molecule has 1 atom stereocenters. The number of aromatic nitrogens is 4. The van der Waals surface area contributed by atoms with Crippen LogP contribution in [0.3, 0.4) is 0 Å². The third-order valence-corrected chi connectivity index (χ3v) is 4.36. The third kappa shape index (κ3) is 2.99. The molecule has 0 bridgehead atoms. The molecule has 0 radical (unpaired) electrons. The summed E-state index contributed by atoms with van der Waals surface area (Å²) in [5.41, 5.74) is 0.487. The molecular formula is C16H16ClN5O4. The number of benzene rings is 1. The number of ether oxygens (including phenoxy) is 2. The lowest BCUT2D eigenvalue weighted by Gasteiger charge is -2.30. The lowest BCUT2D eigenvalue weighted by molar-refractivity contribution is -0.0277. The van der Waals surface area contributed by atoms with Crippen LogP contribution in [0.5, 0.6) is 5.75 Å². The molecule has 0 N–H and O–H groups in total. The highest BCUT2D eigenvalue weighted by atomic mass is 35.5. The molecule has 3 heterocycles. The molecule has 3 aromatic rings. The van der Waals surface area contributed by atoms with Crippen molar-refractivity contribution in [1.82, 2.24) is 25.1 Å². The standard InChI is InChI=1S/C16H16ClN5O4/c1-21-19-15(18-20-21)13-8-22(3-4-25-13)16(23)12-6-9-5-10(17)7-11(24-2)14(9)26-12/h5-7,13H,3-4,8H2,1-2H3. The fourth-order valence-electron chi connectivity index (χ4n) is 2.92. The van der Waals surface area contributed by atoms with E-state index in [-0.39, 0.29) is 11.7 Å². The maximum absolute atomic E-state index is 12.9. The molecule has 1 aliphatic heterocycles. The van der Waals surface area contributed by atoms with Gasteiger partial charge in [-0.25, -0.2) is 0 Å². The first kappa shape index (κ1) is 16.8.